The number of furan rings is 1. The predicted molar refractivity (Wildman–Crippen MR) is 132 cm³/mol. The number of rotatable bonds is 7. The summed E-state index contributed by atoms with van der Waals surface area (Å²) < 4.78 is 7.64. The van der Waals surface area contributed by atoms with Crippen molar-refractivity contribution < 1.29 is 9.21 Å². The number of nitrogens with zero attached hydrogens (tertiary/aromatic N) is 3. The minimum absolute atomic E-state index is 0.0252. The molecule has 0 saturated heterocycles. The second-order valence-corrected chi connectivity index (χ2v) is 12.0. The fraction of sp³-hybridized carbons (Fsp3) is 0.519. The molecule has 0 spiro atoms. The maximum absolute atomic E-state index is 13.4. The van der Waals surface area contributed by atoms with Crippen LogP contribution in [0, 0.1) is 24.7 Å². The van der Waals surface area contributed by atoms with Gasteiger partial charge in [0.25, 0.3) is 0 Å². The van der Waals surface area contributed by atoms with E-state index in [0.717, 1.165) is 64.9 Å². The van der Waals surface area contributed by atoms with Gasteiger partial charge in [0.2, 0.25) is 5.91 Å². The van der Waals surface area contributed by atoms with Gasteiger partial charge in [-0.15, -0.1) is 10.2 Å². The van der Waals surface area contributed by atoms with Crippen molar-refractivity contribution in [3.05, 3.63) is 54.0 Å². The molecule has 2 aromatic heterocycles. The van der Waals surface area contributed by atoms with Gasteiger partial charge in [0, 0.05) is 5.54 Å². The van der Waals surface area contributed by atoms with Gasteiger partial charge in [-0.2, -0.15) is 0 Å². The van der Waals surface area contributed by atoms with Gasteiger partial charge in [0.05, 0.1) is 23.6 Å². The van der Waals surface area contributed by atoms with Gasteiger partial charge in [0.1, 0.15) is 5.76 Å². The lowest BCUT2D eigenvalue weighted by atomic mass is 9.53. The van der Waals surface area contributed by atoms with E-state index in [-0.39, 0.29) is 16.7 Å². The largest absolute Gasteiger partial charge is 0.469 e. The Morgan fingerprint density at radius 1 is 1.12 bits per heavy atom. The number of carbonyl (C=O) groups excluding carboxylic acids is 1. The molecule has 34 heavy (non-hydrogen) atoms. The second-order valence-electron chi connectivity index (χ2n) is 10.7. The Bertz CT molecular complexity index is 1150. The molecule has 7 heteroatoms. The molecule has 7 rings (SSSR count). The van der Waals surface area contributed by atoms with Gasteiger partial charge in [-0.3, -0.25) is 9.36 Å². The maximum atomic E-state index is 13.4. The highest BCUT2D eigenvalue weighted by atomic mass is 32.2. The Kier molecular flexibility index (Phi) is 5.55. The zero-order valence-electron chi connectivity index (χ0n) is 19.9. The minimum Gasteiger partial charge on any atom is -0.469 e. The second kappa shape index (κ2) is 8.59. The molecule has 4 fully saturated rings. The Balaban J connectivity index is 1.23. The maximum Gasteiger partial charge on any atom is 0.233 e. The number of amides is 1. The average molecular weight is 477 g/mol. The molecule has 0 radical (unpaired) electrons. The van der Waals surface area contributed by atoms with E-state index in [2.05, 4.69) is 32.2 Å². The third-order valence-electron chi connectivity index (χ3n) is 8.08. The van der Waals surface area contributed by atoms with Crippen LogP contribution in [0.4, 0.5) is 0 Å². The Labute approximate surface area is 204 Å². The van der Waals surface area contributed by atoms with Crippen molar-refractivity contribution in [1.82, 2.24) is 20.1 Å². The first-order valence-electron chi connectivity index (χ1n) is 12.5. The van der Waals surface area contributed by atoms with Gasteiger partial charge in [-0.25, -0.2) is 0 Å². The van der Waals surface area contributed by atoms with E-state index in [1.807, 2.05) is 38.1 Å². The number of hydrogen-bond acceptors (Lipinski definition) is 5. The third-order valence-corrected chi connectivity index (χ3v) is 9.16. The number of benzene rings is 1. The SMILES string of the molecule is Cc1occc1-c1nnc(S[C@H](C)C(=O)NC23CC4CC(CC(C4)C2)C3)n1Cc1ccccc1. The van der Waals surface area contributed by atoms with Crippen molar-refractivity contribution >= 4 is 17.7 Å². The normalized spacial score (nSPS) is 28.2. The van der Waals surface area contributed by atoms with E-state index in [0.29, 0.717) is 6.54 Å². The summed E-state index contributed by atoms with van der Waals surface area (Å²) >= 11 is 1.50. The molecule has 2 heterocycles. The van der Waals surface area contributed by atoms with Crippen molar-refractivity contribution in [3.8, 4) is 11.4 Å². The van der Waals surface area contributed by atoms with Gasteiger partial charge in [-0.05, 0) is 81.8 Å². The summed E-state index contributed by atoms with van der Waals surface area (Å²) in [5.74, 6) is 4.14. The Morgan fingerprint density at radius 3 is 2.41 bits per heavy atom. The molecule has 0 unspecified atom stereocenters. The lowest BCUT2D eigenvalue weighted by molar-refractivity contribution is -0.126. The van der Waals surface area contributed by atoms with Crippen molar-refractivity contribution in [2.24, 2.45) is 17.8 Å². The average Bonchev–Trinajstić information content (AvgIpc) is 3.39. The first kappa shape index (κ1) is 22.0. The van der Waals surface area contributed by atoms with Gasteiger partial charge >= 0.3 is 0 Å². The van der Waals surface area contributed by atoms with Crippen molar-refractivity contribution in [2.45, 2.75) is 74.9 Å². The lowest BCUT2D eigenvalue weighted by Crippen LogP contribution is -2.60. The fourth-order valence-corrected chi connectivity index (χ4v) is 7.79. The topological polar surface area (TPSA) is 72.9 Å². The highest BCUT2D eigenvalue weighted by Gasteiger charge is 2.51. The van der Waals surface area contributed by atoms with Crippen molar-refractivity contribution in [3.63, 3.8) is 0 Å². The Hall–Kier alpha value is -2.54. The number of thioether (sulfide) groups is 1. The molecule has 1 atom stereocenters. The quantitative estimate of drug-likeness (QED) is 0.459. The fourth-order valence-electron chi connectivity index (χ4n) is 6.94. The lowest BCUT2D eigenvalue weighted by Gasteiger charge is -2.57. The predicted octanol–water partition coefficient (Wildman–Crippen LogP) is 5.46. The number of aromatic nitrogens is 3. The summed E-state index contributed by atoms with van der Waals surface area (Å²) in [4.78, 5) is 13.4. The van der Waals surface area contributed by atoms with Crippen molar-refractivity contribution in [2.75, 3.05) is 0 Å². The molecule has 4 saturated carbocycles. The van der Waals surface area contributed by atoms with Crippen LogP contribution >= 0.6 is 11.8 Å². The molecule has 1 aromatic carbocycles. The smallest absolute Gasteiger partial charge is 0.233 e. The summed E-state index contributed by atoms with van der Waals surface area (Å²) in [6, 6.07) is 12.2. The highest BCUT2D eigenvalue weighted by Crippen LogP contribution is 2.55. The molecule has 3 aromatic rings. The molecule has 0 aliphatic heterocycles. The molecule has 4 aliphatic rings. The summed E-state index contributed by atoms with van der Waals surface area (Å²) in [5, 5.41) is 13.1. The zero-order valence-corrected chi connectivity index (χ0v) is 20.7. The van der Waals surface area contributed by atoms with Crippen LogP contribution in [0.3, 0.4) is 0 Å². The van der Waals surface area contributed by atoms with Crippen LogP contribution < -0.4 is 5.32 Å². The molecule has 1 amide bonds. The van der Waals surface area contributed by atoms with E-state index >= 15 is 0 Å². The molecule has 4 bridgehead atoms. The van der Waals surface area contributed by atoms with E-state index in [1.54, 1.807) is 6.26 Å². The number of hydrogen-bond donors (Lipinski definition) is 1. The van der Waals surface area contributed by atoms with E-state index in [1.165, 1.54) is 31.0 Å². The summed E-state index contributed by atoms with van der Waals surface area (Å²) in [5.41, 5.74) is 2.12. The van der Waals surface area contributed by atoms with Gasteiger partial charge < -0.3 is 9.73 Å². The van der Waals surface area contributed by atoms with Gasteiger partial charge in [0.15, 0.2) is 11.0 Å². The number of aryl methyl sites for hydroxylation is 1. The Morgan fingerprint density at radius 2 is 1.79 bits per heavy atom. The standard InChI is InChI=1S/C27H32N4O2S/c1-17-23(8-9-33-17)24-29-30-26(31(24)16-19-6-4-3-5-7-19)34-18(2)25(32)28-27-13-20-10-21(14-27)12-22(11-20)15-27/h3-9,18,20-22H,10-16H2,1-2H3,(H,28,32)/t18-,20?,21?,22?,27?/m1/s1. The molecular weight excluding hydrogens is 444 g/mol. The monoisotopic (exact) mass is 476 g/mol. The molecule has 4 aliphatic carbocycles. The first-order chi connectivity index (χ1) is 16.5. The number of nitrogens with one attached hydrogen (secondary N) is 1. The summed E-state index contributed by atoms with van der Waals surface area (Å²) in [6.45, 7) is 4.56. The third kappa shape index (κ3) is 4.08. The van der Waals surface area contributed by atoms with E-state index in [9.17, 15) is 4.79 Å². The molecule has 1 N–H and O–H groups in total. The summed E-state index contributed by atoms with van der Waals surface area (Å²) in [6.07, 6.45) is 9.29. The van der Waals surface area contributed by atoms with Crippen LogP contribution in [0.1, 0.15) is 56.8 Å². The molecule has 178 valence electrons. The van der Waals surface area contributed by atoms with Crippen LogP contribution in [0.25, 0.3) is 11.4 Å². The zero-order chi connectivity index (χ0) is 23.3. The van der Waals surface area contributed by atoms with Gasteiger partial charge in [-0.1, -0.05) is 42.1 Å². The first-order valence-corrected chi connectivity index (χ1v) is 13.4. The molecule has 6 nitrogen and oxygen atoms in total. The van der Waals surface area contributed by atoms with Crippen LogP contribution in [0.15, 0.2) is 52.2 Å². The van der Waals surface area contributed by atoms with Crippen LogP contribution in [-0.4, -0.2) is 31.5 Å². The minimum atomic E-state index is -0.245. The van der Waals surface area contributed by atoms with Crippen LogP contribution in [0.2, 0.25) is 0 Å². The number of carbonyl (C=O) groups is 1. The summed E-state index contributed by atoms with van der Waals surface area (Å²) in [7, 11) is 0. The van der Waals surface area contributed by atoms with Crippen molar-refractivity contribution in [1.29, 1.82) is 0 Å². The van der Waals surface area contributed by atoms with E-state index in [4.69, 9.17) is 4.42 Å². The van der Waals surface area contributed by atoms with Crippen LogP contribution in [0.5, 0.6) is 0 Å². The molecular formula is C27H32N4O2S. The highest BCUT2D eigenvalue weighted by molar-refractivity contribution is 8.00. The van der Waals surface area contributed by atoms with Crippen LogP contribution in [-0.2, 0) is 11.3 Å². The van der Waals surface area contributed by atoms with E-state index < -0.39 is 0 Å².